The van der Waals surface area contributed by atoms with Crippen LogP contribution in [0.4, 0.5) is 0 Å². The fourth-order valence-electron chi connectivity index (χ4n) is 1.91. The number of halogens is 1. The van der Waals surface area contributed by atoms with Crippen molar-refractivity contribution < 1.29 is 13.2 Å². The van der Waals surface area contributed by atoms with Crippen LogP contribution in [0, 0.1) is 0 Å². The van der Waals surface area contributed by atoms with E-state index in [1.54, 1.807) is 6.92 Å². The first kappa shape index (κ1) is 15.4. The summed E-state index contributed by atoms with van der Waals surface area (Å²) < 4.78 is 28.4. The maximum atomic E-state index is 11.4. The number of morpholine rings is 1. The molecule has 1 aliphatic heterocycles. The summed E-state index contributed by atoms with van der Waals surface area (Å²) in [4.78, 5) is 2.32. The Morgan fingerprint density at radius 1 is 1.47 bits per heavy atom. The van der Waals surface area contributed by atoms with E-state index in [0.29, 0.717) is 11.8 Å². The van der Waals surface area contributed by atoms with Crippen LogP contribution < -0.4 is 0 Å². The van der Waals surface area contributed by atoms with Crippen molar-refractivity contribution in [2.24, 2.45) is 0 Å². The molecule has 2 atom stereocenters. The molecule has 0 radical (unpaired) electrons. The van der Waals surface area contributed by atoms with Crippen LogP contribution in [0.2, 0.25) is 0 Å². The molecule has 2 unspecified atom stereocenters. The Morgan fingerprint density at radius 3 is 2.76 bits per heavy atom. The lowest BCUT2D eigenvalue weighted by Crippen LogP contribution is -2.49. The Balaban J connectivity index is 2.34. The molecule has 1 saturated heterocycles. The highest BCUT2D eigenvalue weighted by atomic mass is 79.9. The molecule has 0 bridgehead atoms. The topological polar surface area (TPSA) is 46.6 Å². The maximum Gasteiger partial charge on any atom is 0.150 e. The first-order valence-corrected chi connectivity index (χ1v) is 9.05. The Kier molecular flexibility index (Phi) is 6.40. The van der Waals surface area contributed by atoms with Crippen LogP contribution in [0.25, 0.3) is 0 Å². The second-order valence-corrected chi connectivity index (χ2v) is 7.66. The molecule has 1 heterocycles. The first-order valence-electron chi connectivity index (χ1n) is 6.10. The number of sulfone groups is 1. The van der Waals surface area contributed by atoms with Crippen LogP contribution in [0.5, 0.6) is 0 Å². The highest BCUT2D eigenvalue weighted by Gasteiger charge is 2.25. The van der Waals surface area contributed by atoms with E-state index in [-0.39, 0.29) is 11.9 Å². The minimum absolute atomic E-state index is 0.231. The fourth-order valence-corrected chi connectivity index (χ4v) is 3.16. The SMILES string of the molecule is CCS(=O)(=O)CCCN1CC(CBr)OCC1C. The number of hydrogen-bond acceptors (Lipinski definition) is 4. The van der Waals surface area contributed by atoms with Gasteiger partial charge in [0.15, 0.2) is 0 Å². The summed E-state index contributed by atoms with van der Waals surface area (Å²) in [5.74, 6) is 0.544. The van der Waals surface area contributed by atoms with Gasteiger partial charge in [-0.1, -0.05) is 22.9 Å². The van der Waals surface area contributed by atoms with Gasteiger partial charge >= 0.3 is 0 Å². The summed E-state index contributed by atoms with van der Waals surface area (Å²) in [6.45, 7) is 6.29. The number of hydrogen-bond donors (Lipinski definition) is 0. The van der Waals surface area contributed by atoms with Gasteiger partial charge in [0.1, 0.15) is 9.84 Å². The lowest BCUT2D eigenvalue weighted by Gasteiger charge is -2.37. The van der Waals surface area contributed by atoms with E-state index in [4.69, 9.17) is 4.74 Å². The van der Waals surface area contributed by atoms with Crippen molar-refractivity contribution in [2.75, 3.05) is 36.5 Å². The normalized spacial score (nSPS) is 27.2. The van der Waals surface area contributed by atoms with Gasteiger partial charge in [-0.25, -0.2) is 8.42 Å². The molecule has 1 aliphatic rings. The van der Waals surface area contributed by atoms with Crippen LogP contribution in [0.15, 0.2) is 0 Å². The lowest BCUT2D eigenvalue weighted by molar-refractivity contribution is -0.0462. The number of rotatable bonds is 6. The Morgan fingerprint density at radius 2 is 2.18 bits per heavy atom. The average Bonchev–Trinajstić information content (AvgIpc) is 2.31. The lowest BCUT2D eigenvalue weighted by atomic mass is 10.2. The smallest absolute Gasteiger partial charge is 0.150 e. The van der Waals surface area contributed by atoms with Crippen LogP contribution in [-0.4, -0.2) is 62.0 Å². The predicted molar refractivity (Wildman–Crippen MR) is 73.5 cm³/mol. The molecule has 0 spiro atoms. The zero-order valence-corrected chi connectivity index (χ0v) is 13.0. The van der Waals surface area contributed by atoms with Gasteiger partial charge in [0.05, 0.1) is 18.5 Å². The van der Waals surface area contributed by atoms with Gasteiger partial charge in [0.25, 0.3) is 0 Å². The van der Waals surface area contributed by atoms with Crippen LogP contribution in [-0.2, 0) is 14.6 Å². The first-order chi connectivity index (χ1) is 7.98. The van der Waals surface area contributed by atoms with E-state index in [2.05, 4.69) is 27.8 Å². The minimum Gasteiger partial charge on any atom is -0.374 e. The van der Waals surface area contributed by atoms with Gasteiger partial charge < -0.3 is 4.74 Å². The Hall–Kier alpha value is 0.350. The molecule has 102 valence electrons. The van der Waals surface area contributed by atoms with Crippen LogP contribution in [0.3, 0.4) is 0 Å². The molecule has 0 amide bonds. The number of ether oxygens (including phenoxy) is 1. The van der Waals surface area contributed by atoms with Gasteiger partial charge in [-0.3, -0.25) is 4.90 Å². The zero-order chi connectivity index (χ0) is 12.9. The molecule has 6 heteroatoms. The molecule has 0 saturated carbocycles. The monoisotopic (exact) mass is 327 g/mol. The third-order valence-corrected chi connectivity index (χ3v) is 5.66. The quantitative estimate of drug-likeness (QED) is 0.690. The summed E-state index contributed by atoms with van der Waals surface area (Å²) in [5.41, 5.74) is 0. The summed E-state index contributed by atoms with van der Waals surface area (Å²) in [6, 6.07) is 0.384. The van der Waals surface area contributed by atoms with Crippen molar-refractivity contribution in [1.29, 1.82) is 0 Å². The van der Waals surface area contributed by atoms with Gasteiger partial charge in [-0.15, -0.1) is 0 Å². The van der Waals surface area contributed by atoms with Crippen LogP contribution >= 0.6 is 15.9 Å². The van der Waals surface area contributed by atoms with E-state index < -0.39 is 9.84 Å². The molecule has 0 aromatic heterocycles. The van der Waals surface area contributed by atoms with Gasteiger partial charge in [0, 0.05) is 23.7 Å². The maximum absolute atomic E-state index is 11.4. The zero-order valence-electron chi connectivity index (χ0n) is 10.6. The molecule has 0 aromatic carbocycles. The molecule has 17 heavy (non-hydrogen) atoms. The van der Waals surface area contributed by atoms with Crippen molar-refractivity contribution >= 4 is 25.8 Å². The van der Waals surface area contributed by atoms with E-state index >= 15 is 0 Å². The molecule has 0 aliphatic carbocycles. The van der Waals surface area contributed by atoms with Crippen molar-refractivity contribution in [3.05, 3.63) is 0 Å². The van der Waals surface area contributed by atoms with E-state index in [1.807, 2.05) is 0 Å². The summed E-state index contributed by atoms with van der Waals surface area (Å²) in [7, 11) is -2.82. The molecular formula is C11H22BrNO3S. The summed E-state index contributed by atoms with van der Waals surface area (Å²) in [6.07, 6.45) is 0.948. The molecule has 0 N–H and O–H groups in total. The number of alkyl halides is 1. The van der Waals surface area contributed by atoms with Gasteiger partial charge in [-0.05, 0) is 19.9 Å². The highest BCUT2D eigenvalue weighted by Crippen LogP contribution is 2.13. The fraction of sp³-hybridized carbons (Fsp3) is 1.00. The molecular weight excluding hydrogens is 306 g/mol. The van der Waals surface area contributed by atoms with E-state index in [0.717, 1.165) is 31.4 Å². The number of nitrogens with zero attached hydrogens (tertiary/aromatic N) is 1. The highest BCUT2D eigenvalue weighted by molar-refractivity contribution is 9.09. The summed E-state index contributed by atoms with van der Waals surface area (Å²) in [5, 5.41) is 0.837. The van der Waals surface area contributed by atoms with Gasteiger partial charge in [0.2, 0.25) is 0 Å². The predicted octanol–water partition coefficient (Wildman–Crippen LogP) is 1.30. The molecule has 4 nitrogen and oxygen atoms in total. The summed E-state index contributed by atoms with van der Waals surface area (Å²) >= 11 is 3.42. The Labute approximate surface area is 113 Å². The molecule has 1 rings (SSSR count). The average molecular weight is 328 g/mol. The van der Waals surface area contributed by atoms with Crippen LogP contribution in [0.1, 0.15) is 20.3 Å². The standard InChI is InChI=1S/C11H22BrNO3S/c1-3-17(14,15)6-4-5-13-8-11(7-12)16-9-10(13)2/h10-11H,3-9H2,1-2H3. The molecule has 0 aromatic rings. The Bertz CT molecular complexity index is 321. The van der Waals surface area contributed by atoms with E-state index in [9.17, 15) is 8.42 Å². The van der Waals surface area contributed by atoms with Crippen molar-refractivity contribution in [3.8, 4) is 0 Å². The third-order valence-electron chi connectivity index (χ3n) is 3.15. The second-order valence-electron chi connectivity index (χ2n) is 4.54. The minimum atomic E-state index is -2.82. The third kappa shape index (κ3) is 5.24. The van der Waals surface area contributed by atoms with Crippen molar-refractivity contribution in [2.45, 2.75) is 32.4 Å². The van der Waals surface area contributed by atoms with E-state index in [1.165, 1.54) is 0 Å². The van der Waals surface area contributed by atoms with Crippen molar-refractivity contribution in [1.82, 2.24) is 4.90 Å². The molecule has 1 fully saturated rings. The second kappa shape index (κ2) is 7.07. The largest absolute Gasteiger partial charge is 0.374 e. The van der Waals surface area contributed by atoms with Gasteiger partial charge in [-0.2, -0.15) is 0 Å². The van der Waals surface area contributed by atoms with Crippen molar-refractivity contribution in [3.63, 3.8) is 0 Å².